The van der Waals surface area contributed by atoms with E-state index < -0.39 is 0 Å². The average Bonchev–Trinajstić information content (AvgIpc) is 2.33. The van der Waals surface area contributed by atoms with Crippen LogP contribution in [0.2, 0.25) is 0 Å². The Kier molecular flexibility index (Phi) is 7.32. The lowest BCUT2D eigenvalue weighted by atomic mass is 10.1. The number of aryl methyl sites for hydroxylation is 1. The van der Waals surface area contributed by atoms with Gasteiger partial charge in [0.1, 0.15) is 5.75 Å². The van der Waals surface area contributed by atoms with Crippen molar-refractivity contribution in [3.63, 3.8) is 0 Å². The fourth-order valence-corrected chi connectivity index (χ4v) is 2.36. The molecule has 3 nitrogen and oxygen atoms in total. The van der Waals surface area contributed by atoms with Crippen molar-refractivity contribution in [2.75, 3.05) is 26.9 Å². The lowest BCUT2D eigenvalue weighted by Gasteiger charge is -2.15. The fraction of sp³-hybridized carbons (Fsp3) is 0.571. The van der Waals surface area contributed by atoms with Gasteiger partial charge in [-0.3, -0.25) is 0 Å². The van der Waals surface area contributed by atoms with Crippen molar-refractivity contribution >= 4 is 15.9 Å². The molecule has 0 fully saturated rings. The van der Waals surface area contributed by atoms with Crippen LogP contribution >= 0.6 is 15.9 Å². The molecule has 0 bridgehead atoms. The highest BCUT2D eigenvalue weighted by atomic mass is 79.9. The van der Waals surface area contributed by atoms with Crippen LogP contribution in [0.4, 0.5) is 0 Å². The molecule has 4 heteroatoms. The molecule has 18 heavy (non-hydrogen) atoms. The van der Waals surface area contributed by atoms with E-state index in [1.54, 1.807) is 7.11 Å². The second-order valence-corrected chi connectivity index (χ2v) is 5.14. The molecule has 0 heterocycles. The predicted molar refractivity (Wildman–Crippen MR) is 78.2 cm³/mol. The van der Waals surface area contributed by atoms with Crippen LogP contribution in [0, 0.1) is 6.92 Å². The van der Waals surface area contributed by atoms with Crippen LogP contribution in [0.5, 0.6) is 5.75 Å². The van der Waals surface area contributed by atoms with Gasteiger partial charge in [0.2, 0.25) is 0 Å². The molecule has 0 aliphatic carbocycles. The van der Waals surface area contributed by atoms with Gasteiger partial charge in [-0.1, -0.05) is 22.9 Å². The zero-order valence-electron chi connectivity index (χ0n) is 11.4. The highest BCUT2D eigenvalue weighted by Gasteiger charge is 2.08. The second kappa shape index (κ2) is 8.51. The summed E-state index contributed by atoms with van der Waals surface area (Å²) in [6, 6.07) is 4.20. The van der Waals surface area contributed by atoms with Gasteiger partial charge in [-0.25, -0.2) is 0 Å². The van der Waals surface area contributed by atoms with Gasteiger partial charge in [-0.2, -0.15) is 0 Å². The largest absolute Gasteiger partial charge is 0.493 e. The molecule has 0 aliphatic heterocycles. The third kappa shape index (κ3) is 4.96. The molecular formula is C14H22BrNO2. The average molecular weight is 316 g/mol. The number of methoxy groups -OCH3 is 1. The van der Waals surface area contributed by atoms with E-state index in [-0.39, 0.29) is 0 Å². The molecule has 0 amide bonds. The van der Waals surface area contributed by atoms with Crippen molar-refractivity contribution in [1.29, 1.82) is 0 Å². The monoisotopic (exact) mass is 315 g/mol. The van der Waals surface area contributed by atoms with E-state index in [9.17, 15) is 0 Å². The number of halogens is 1. The Bertz CT molecular complexity index is 369. The standard InChI is InChI=1S/C14H22BrNO2/c1-4-6-18-14-11(2)8-13(15)9-12(14)10-16-5-7-17-3/h8-9,16H,4-7,10H2,1-3H3. The number of benzene rings is 1. The van der Waals surface area contributed by atoms with E-state index in [1.165, 1.54) is 11.1 Å². The van der Waals surface area contributed by atoms with Crippen molar-refractivity contribution in [3.05, 3.63) is 27.7 Å². The van der Waals surface area contributed by atoms with E-state index in [1.807, 2.05) is 0 Å². The fourth-order valence-electron chi connectivity index (χ4n) is 1.74. The minimum Gasteiger partial charge on any atom is -0.493 e. The van der Waals surface area contributed by atoms with Crippen LogP contribution < -0.4 is 10.1 Å². The smallest absolute Gasteiger partial charge is 0.126 e. The summed E-state index contributed by atoms with van der Waals surface area (Å²) in [5, 5.41) is 3.35. The number of hydrogen-bond acceptors (Lipinski definition) is 3. The van der Waals surface area contributed by atoms with E-state index in [0.29, 0.717) is 0 Å². The quantitative estimate of drug-likeness (QED) is 0.747. The first-order valence-corrected chi connectivity index (χ1v) is 7.09. The maximum absolute atomic E-state index is 5.84. The zero-order chi connectivity index (χ0) is 13.4. The van der Waals surface area contributed by atoms with Gasteiger partial charge in [0.05, 0.1) is 13.2 Å². The molecule has 0 radical (unpaired) electrons. The van der Waals surface area contributed by atoms with E-state index in [0.717, 1.165) is 42.9 Å². The van der Waals surface area contributed by atoms with Gasteiger partial charge in [0.15, 0.2) is 0 Å². The molecule has 1 N–H and O–H groups in total. The van der Waals surface area contributed by atoms with Crippen LogP contribution in [0.1, 0.15) is 24.5 Å². The lowest BCUT2D eigenvalue weighted by molar-refractivity contribution is 0.199. The summed E-state index contributed by atoms with van der Waals surface area (Å²) in [6.07, 6.45) is 1.02. The Labute approximate surface area is 118 Å². The van der Waals surface area contributed by atoms with Crippen molar-refractivity contribution < 1.29 is 9.47 Å². The minimum atomic E-state index is 0.720. The Hall–Kier alpha value is -0.580. The second-order valence-electron chi connectivity index (χ2n) is 4.23. The molecular weight excluding hydrogens is 294 g/mol. The molecule has 0 aromatic heterocycles. The van der Waals surface area contributed by atoms with Crippen molar-refractivity contribution in [1.82, 2.24) is 5.32 Å². The highest BCUT2D eigenvalue weighted by molar-refractivity contribution is 9.10. The Balaban J connectivity index is 2.72. The van der Waals surface area contributed by atoms with Gasteiger partial charge >= 0.3 is 0 Å². The van der Waals surface area contributed by atoms with Crippen molar-refractivity contribution in [3.8, 4) is 5.75 Å². The molecule has 1 rings (SSSR count). The van der Waals surface area contributed by atoms with Crippen LogP contribution in [0.3, 0.4) is 0 Å². The van der Waals surface area contributed by atoms with Crippen molar-refractivity contribution in [2.24, 2.45) is 0 Å². The Morgan fingerprint density at radius 1 is 1.28 bits per heavy atom. The predicted octanol–water partition coefficient (Wildman–Crippen LogP) is 3.28. The van der Waals surface area contributed by atoms with Crippen LogP contribution in [0.25, 0.3) is 0 Å². The third-order valence-corrected chi connectivity index (χ3v) is 3.02. The van der Waals surface area contributed by atoms with Gasteiger partial charge in [-0.15, -0.1) is 0 Å². The highest BCUT2D eigenvalue weighted by Crippen LogP contribution is 2.28. The molecule has 0 unspecified atom stereocenters. The first kappa shape index (κ1) is 15.5. The number of nitrogens with one attached hydrogen (secondary N) is 1. The van der Waals surface area contributed by atoms with Gasteiger partial charge in [0, 0.05) is 30.2 Å². The number of ether oxygens (including phenoxy) is 2. The van der Waals surface area contributed by atoms with Gasteiger partial charge in [0.25, 0.3) is 0 Å². The molecule has 0 atom stereocenters. The first-order valence-electron chi connectivity index (χ1n) is 6.30. The maximum atomic E-state index is 5.84. The van der Waals surface area contributed by atoms with E-state index >= 15 is 0 Å². The summed E-state index contributed by atoms with van der Waals surface area (Å²) in [5.41, 5.74) is 2.35. The van der Waals surface area contributed by atoms with Crippen LogP contribution in [-0.2, 0) is 11.3 Å². The Morgan fingerprint density at radius 2 is 2.06 bits per heavy atom. The summed E-state index contributed by atoms with van der Waals surface area (Å²) >= 11 is 3.53. The summed E-state index contributed by atoms with van der Waals surface area (Å²) in [4.78, 5) is 0. The minimum absolute atomic E-state index is 0.720. The molecule has 1 aromatic carbocycles. The molecule has 0 aliphatic rings. The molecule has 102 valence electrons. The van der Waals surface area contributed by atoms with Crippen LogP contribution in [0.15, 0.2) is 16.6 Å². The molecule has 1 aromatic rings. The topological polar surface area (TPSA) is 30.5 Å². The molecule has 0 saturated carbocycles. The van der Waals surface area contributed by atoms with Crippen LogP contribution in [-0.4, -0.2) is 26.9 Å². The summed E-state index contributed by atoms with van der Waals surface area (Å²) in [6.45, 7) is 7.31. The van der Waals surface area contributed by atoms with Gasteiger partial charge < -0.3 is 14.8 Å². The zero-order valence-corrected chi connectivity index (χ0v) is 13.0. The normalized spacial score (nSPS) is 10.7. The van der Waals surface area contributed by atoms with Crippen molar-refractivity contribution in [2.45, 2.75) is 26.8 Å². The molecule has 0 saturated heterocycles. The molecule has 0 spiro atoms. The SMILES string of the molecule is CCCOc1c(C)cc(Br)cc1CNCCOC. The van der Waals surface area contributed by atoms with Gasteiger partial charge in [-0.05, 0) is 31.0 Å². The summed E-state index contributed by atoms with van der Waals surface area (Å²) in [7, 11) is 1.71. The maximum Gasteiger partial charge on any atom is 0.126 e. The Morgan fingerprint density at radius 3 is 2.72 bits per heavy atom. The van der Waals surface area contributed by atoms with E-state index in [4.69, 9.17) is 9.47 Å². The first-order chi connectivity index (χ1) is 8.69. The lowest BCUT2D eigenvalue weighted by Crippen LogP contribution is -2.19. The summed E-state index contributed by atoms with van der Waals surface area (Å²) in [5.74, 6) is 1.00. The number of rotatable bonds is 8. The third-order valence-electron chi connectivity index (χ3n) is 2.57. The number of hydrogen-bond donors (Lipinski definition) is 1. The van der Waals surface area contributed by atoms with E-state index in [2.05, 4.69) is 47.2 Å². The summed E-state index contributed by atoms with van der Waals surface area (Å²) < 4.78 is 11.9.